The molecule has 1 atom stereocenters. The summed E-state index contributed by atoms with van der Waals surface area (Å²) >= 11 is 0. The SMILES string of the molecule is N#Cc1ccccc1OC1CCN(S(=O)(=O)CC(c2ccccc2)N(O)C=O)CC1. The third-order valence-electron chi connectivity index (χ3n) is 5.08. The Hall–Kier alpha value is -2.93. The number of sulfonamides is 1. The van der Waals surface area contributed by atoms with Crippen LogP contribution >= 0.6 is 0 Å². The van der Waals surface area contributed by atoms with E-state index in [9.17, 15) is 23.7 Å². The Balaban J connectivity index is 1.65. The monoisotopic (exact) mass is 429 g/mol. The number of amides is 1. The Labute approximate surface area is 175 Å². The molecule has 1 N–H and O–H groups in total. The Kier molecular flexibility index (Phi) is 7.05. The summed E-state index contributed by atoms with van der Waals surface area (Å²) in [5, 5.41) is 19.5. The lowest BCUT2D eigenvalue weighted by atomic mass is 10.1. The highest BCUT2D eigenvalue weighted by Crippen LogP contribution is 2.26. The molecule has 1 amide bonds. The van der Waals surface area contributed by atoms with E-state index in [0.29, 0.717) is 34.8 Å². The molecule has 1 fully saturated rings. The van der Waals surface area contributed by atoms with E-state index in [4.69, 9.17) is 4.74 Å². The summed E-state index contributed by atoms with van der Waals surface area (Å²) in [6.45, 7) is 0.519. The molecule has 2 aromatic carbocycles. The summed E-state index contributed by atoms with van der Waals surface area (Å²) in [4.78, 5) is 11.1. The molecule has 1 heterocycles. The van der Waals surface area contributed by atoms with E-state index in [1.54, 1.807) is 54.6 Å². The van der Waals surface area contributed by atoms with E-state index in [1.165, 1.54) is 4.31 Å². The minimum absolute atomic E-state index is 0.194. The van der Waals surface area contributed by atoms with Crippen molar-refractivity contribution in [2.24, 2.45) is 0 Å². The van der Waals surface area contributed by atoms with Gasteiger partial charge in [0.15, 0.2) is 0 Å². The van der Waals surface area contributed by atoms with E-state index in [1.807, 2.05) is 0 Å². The fourth-order valence-electron chi connectivity index (χ4n) is 3.45. The highest BCUT2D eigenvalue weighted by Gasteiger charge is 2.33. The fraction of sp³-hybridized carbons (Fsp3) is 0.333. The normalized spacial score (nSPS) is 16.4. The van der Waals surface area contributed by atoms with Gasteiger partial charge in [-0.1, -0.05) is 42.5 Å². The van der Waals surface area contributed by atoms with E-state index < -0.39 is 21.8 Å². The first-order chi connectivity index (χ1) is 14.4. The molecule has 1 aliphatic heterocycles. The van der Waals surface area contributed by atoms with E-state index in [-0.39, 0.29) is 25.6 Å². The number of hydrogen-bond donors (Lipinski definition) is 1. The number of para-hydroxylation sites is 1. The third-order valence-corrected chi connectivity index (χ3v) is 6.96. The van der Waals surface area contributed by atoms with Gasteiger partial charge < -0.3 is 4.74 Å². The molecule has 8 nitrogen and oxygen atoms in total. The maximum atomic E-state index is 12.9. The number of benzene rings is 2. The van der Waals surface area contributed by atoms with Crippen LogP contribution in [-0.2, 0) is 14.8 Å². The number of nitrogens with zero attached hydrogens (tertiary/aromatic N) is 3. The van der Waals surface area contributed by atoms with Crippen molar-refractivity contribution < 1.29 is 23.2 Å². The number of nitriles is 1. The minimum atomic E-state index is -3.73. The Morgan fingerprint density at radius 2 is 1.80 bits per heavy atom. The summed E-state index contributed by atoms with van der Waals surface area (Å²) in [5.41, 5.74) is 0.970. The minimum Gasteiger partial charge on any atom is -0.489 e. The Morgan fingerprint density at radius 3 is 2.43 bits per heavy atom. The van der Waals surface area contributed by atoms with Crippen molar-refractivity contribution in [2.75, 3.05) is 18.8 Å². The second-order valence-corrected chi connectivity index (χ2v) is 9.03. The summed E-state index contributed by atoms with van der Waals surface area (Å²) in [6, 6.07) is 16.6. The molecule has 0 aliphatic carbocycles. The topological polar surface area (TPSA) is 111 Å². The van der Waals surface area contributed by atoms with Gasteiger partial charge in [-0.15, -0.1) is 0 Å². The molecule has 30 heavy (non-hydrogen) atoms. The number of carbonyl (C=O) groups excluding carboxylic acids is 1. The average molecular weight is 429 g/mol. The standard InChI is InChI=1S/C21H23N3O5S/c22-14-18-8-4-5-9-21(18)29-19-10-12-23(13-11-19)30(27,28)15-20(24(26)16-25)17-6-2-1-3-7-17/h1-9,16,19-20,26H,10-13,15H2. The summed E-state index contributed by atoms with van der Waals surface area (Å²) in [6.07, 6.45) is 0.969. The lowest BCUT2D eigenvalue weighted by molar-refractivity contribution is -0.159. The van der Waals surface area contributed by atoms with Crippen LogP contribution < -0.4 is 4.74 Å². The Morgan fingerprint density at radius 1 is 1.17 bits per heavy atom. The first kappa shape index (κ1) is 21.8. The Bertz CT molecular complexity index is 999. The molecule has 1 saturated heterocycles. The van der Waals surface area contributed by atoms with Gasteiger partial charge in [0.2, 0.25) is 16.4 Å². The highest BCUT2D eigenvalue weighted by atomic mass is 32.2. The van der Waals surface area contributed by atoms with Gasteiger partial charge in [0.1, 0.15) is 17.9 Å². The molecule has 1 aliphatic rings. The maximum Gasteiger partial charge on any atom is 0.233 e. The van der Waals surface area contributed by atoms with Gasteiger partial charge >= 0.3 is 0 Å². The molecule has 158 valence electrons. The van der Waals surface area contributed by atoms with Crippen LogP contribution in [0, 0.1) is 11.3 Å². The van der Waals surface area contributed by atoms with Crippen molar-refractivity contribution in [3.8, 4) is 11.8 Å². The zero-order valence-corrected chi connectivity index (χ0v) is 17.1. The molecular weight excluding hydrogens is 406 g/mol. The number of piperidine rings is 1. The molecule has 1 unspecified atom stereocenters. The van der Waals surface area contributed by atoms with Crippen molar-refractivity contribution >= 4 is 16.4 Å². The van der Waals surface area contributed by atoms with E-state index in [2.05, 4.69) is 6.07 Å². The van der Waals surface area contributed by atoms with Gasteiger partial charge in [-0.2, -0.15) is 5.26 Å². The summed E-state index contributed by atoms with van der Waals surface area (Å²) < 4.78 is 33.2. The predicted octanol–water partition coefficient (Wildman–Crippen LogP) is 2.32. The van der Waals surface area contributed by atoms with Crippen LogP contribution in [0.3, 0.4) is 0 Å². The lowest BCUT2D eigenvalue weighted by Gasteiger charge is -2.33. The van der Waals surface area contributed by atoms with Crippen LogP contribution in [0.25, 0.3) is 0 Å². The molecule has 0 spiro atoms. The molecule has 0 bridgehead atoms. The van der Waals surface area contributed by atoms with E-state index in [0.717, 1.165) is 0 Å². The number of hydrogen-bond acceptors (Lipinski definition) is 6. The second kappa shape index (κ2) is 9.71. The maximum absolute atomic E-state index is 12.9. The van der Waals surface area contributed by atoms with Crippen LogP contribution in [0.1, 0.15) is 30.0 Å². The van der Waals surface area contributed by atoms with Crippen LogP contribution in [0.2, 0.25) is 0 Å². The first-order valence-electron chi connectivity index (χ1n) is 9.55. The number of carbonyl (C=O) groups is 1. The summed E-state index contributed by atoms with van der Waals surface area (Å²) in [5.74, 6) is 0.0713. The van der Waals surface area contributed by atoms with Crippen molar-refractivity contribution in [2.45, 2.75) is 25.0 Å². The van der Waals surface area contributed by atoms with Crippen molar-refractivity contribution in [1.82, 2.24) is 9.37 Å². The molecular formula is C21H23N3O5S. The summed E-state index contributed by atoms with van der Waals surface area (Å²) in [7, 11) is -3.73. The molecule has 0 saturated carbocycles. The number of rotatable bonds is 8. The van der Waals surface area contributed by atoms with Gasteiger partial charge in [-0.3, -0.25) is 10.0 Å². The molecule has 9 heteroatoms. The number of hydroxylamine groups is 2. The highest BCUT2D eigenvalue weighted by molar-refractivity contribution is 7.89. The van der Waals surface area contributed by atoms with Crippen molar-refractivity contribution in [1.29, 1.82) is 5.26 Å². The van der Waals surface area contributed by atoms with E-state index >= 15 is 0 Å². The van der Waals surface area contributed by atoms with Crippen LogP contribution in [0.5, 0.6) is 5.75 Å². The average Bonchev–Trinajstić information content (AvgIpc) is 2.78. The van der Waals surface area contributed by atoms with Crippen LogP contribution in [0.4, 0.5) is 0 Å². The van der Waals surface area contributed by atoms with Gasteiger partial charge in [0.25, 0.3) is 0 Å². The molecule has 3 rings (SSSR count). The largest absolute Gasteiger partial charge is 0.489 e. The smallest absolute Gasteiger partial charge is 0.233 e. The van der Waals surface area contributed by atoms with Gasteiger partial charge in [-0.25, -0.2) is 17.8 Å². The number of ether oxygens (including phenoxy) is 1. The van der Waals surface area contributed by atoms with Crippen LogP contribution in [-0.4, -0.2) is 54.3 Å². The quantitative estimate of drug-likeness (QED) is 0.392. The van der Waals surface area contributed by atoms with Gasteiger partial charge in [-0.05, 0) is 30.5 Å². The molecule has 2 aromatic rings. The lowest BCUT2D eigenvalue weighted by Crippen LogP contribution is -2.44. The third kappa shape index (κ3) is 5.16. The van der Waals surface area contributed by atoms with Crippen molar-refractivity contribution in [3.05, 3.63) is 65.7 Å². The zero-order valence-electron chi connectivity index (χ0n) is 16.3. The molecule has 0 aromatic heterocycles. The molecule has 0 radical (unpaired) electrons. The van der Waals surface area contributed by atoms with Crippen LogP contribution in [0.15, 0.2) is 54.6 Å². The van der Waals surface area contributed by atoms with Gasteiger partial charge in [0.05, 0.1) is 17.4 Å². The van der Waals surface area contributed by atoms with Gasteiger partial charge in [0, 0.05) is 13.1 Å². The first-order valence-corrected chi connectivity index (χ1v) is 11.2. The fourth-order valence-corrected chi connectivity index (χ4v) is 5.17. The van der Waals surface area contributed by atoms with Crippen molar-refractivity contribution in [3.63, 3.8) is 0 Å². The predicted molar refractivity (Wildman–Crippen MR) is 109 cm³/mol. The zero-order chi connectivity index (χ0) is 21.6. The second-order valence-electron chi connectivity index (χ2n) is 7.01.